The van der Waals surface area contributed by atoms with Crippen LogP contribution in [0.15, 0.2) is 30.5 Å². The van der Waals surface area contributed by atoms with Gasteiger partial charge in [0.2, 0.25) is 0 Å². The lowest BCUT2D eigenvalue weighted by Crippen LogP contribution is -2.27. The predicted molar refractivity (Wildman–Crippen MR) is 76.8 cm³/mol. The fraction of sp³-hybridized carbons (Fsp3) is 0.400. The van der Waals surface area contributed by atoms with Crippen molar-refractivity contribution < 1.29 is 0 Å². The lowest BCUT2D eigenvalue weighted by molar-refractivity contribution is 0.766. The molecule has 1 aromatic carbocycles. The number of nitrogen functional groups attached to an aromatic ring is 1. The fourth-order valence-corrected chi connectivity index (χ4v) is 2.57. The molecule has 1 saturated carbocycles. The number of benzene rings is 1. The van der Waals surface area contributed by atoms with Gasteiger partial charge in [-0.1, -0.05) is 25.1 Å². The molecule has 94 valence electrons. The molecule has 1 heterocycles. The number of aromatic nitrogens is 1. The van der Waals surface area contributed by atoms with Gasteiger partial charge in [-0.3, -0.25) is 4.98 Å². The average molecular weight is 241 g/mol. The molecule has 0 unspecified atom stereocenters. The SMILES string of the molecule is CCCN(c1c(N)cnc2ccccc12)C1CC1. The van der Waals surface area contributed by atoms with Crippen molar-refractivity contribution in [2.45, 2.75) is 32.2 Å². The first-order valence-electron chi connectivity index (χ1n) is 6.71. The van der Waals surface area contributed by atoms with Crippen LogP contribution in [0.5, 0.6) is 0 Å². The van der Waals surface area contributed by atoms with Crippen molar-refractivity contribution >= 4 is 22.3 Å². The second-order valence-electron chi connectivity index (χ2n) is 5.00. The number of para-hydroxylation sites is 1. The number of hydrogen-bond acceptors (Lipinski definition) is 3. The molecule has 0 bridgehead atoms. The van der Waals surface area contributed by atoms with E-state index in [0.717, 1.165) is 24.2 Å². The third-order valence-corrected chi connectivity index (χ3v) is 3.51. The Kier molecular flexibility index (Phi) is 2.82. The molecule has 1 aromatic heterocycles. The van der Waals surface area contributed by atoms with Gasteiger partial charge < -0.3 is 10.6 Å². The number of pyridine rings is 1. The number of anilines is 2. The standard InChI is InChI=1S/C15H19N3/c1-2-9-18(11-7-8-11)15-12-5-3-4-6-14(12)17-10-13(15)16/h3-6,10-11H,2,7-9,16H2,1H3. The summed E-state index contributed by atoms with van der Waals surface area (Å²) in [5, 5.41) is 1.18. The van der Waals surface area contributed by atoms with E-state index < -0.39 is 0 Å². The van der Waals surface area contributed by atoms with Gasteiger partial charge in [-0.15, -0.1) is 0 Å². The van der Waals surface area contributed by atoms with E-state index in [1.54, 1.807) is 6.20 Å². The summed E-state index contributed by atoms with van der Waals surface area (Å²) in [6.07, 6.45) is 5.52. The summed E-state index contributed by atoms with van der Waals surface area (Å²) >= 11 is 0. The second kappa shape index (κ2) is 4.48. The van der Waals surface area contributed by atoms with Gasteiger partial charge in [0.25, 0.3) is 0 Å². The van der Waals surface area contributed by atoms with Gasteiger partial charge in [0.05, 0.1) is 23.1 Å². The number of hydrogen-bond donors (Lipinski definition) is 1. The van der Waals surface area contributed by atoms with Crippen LogP contribution in [0.25, 0.3) is 10.9 Å². The first-order chi connectivity index (χ1) is 8.81. The van der Waals surface area contributed by atoms with Gasteiger partial charge >= 0.3 is 0 Å². The maximum absolute atomic E-state index is 6.18. The van der Waals surface area contributed by atoms with Crippen LogP contribution in [0.1, 0.15) is 26.2 Å². The molecule has 0 radical (unpaired) electrons. The van der Waals surface area contributed by atoms with E-state index in [4.69, 9.17) is 5.73 Å². The molecule has 0 aliphatic heterocycles. The smallest absolute Gasteiger partial charge is 0.0745 e. The number of nitrogens with zero attached hydrogens (tertiary/aromatic N) is 2. The average Bonchev–Trinajstić information content (AvgIpc) is 3.21. The van der Waals surface area contributed by atoms with Crippen LogP contribution in [-0.2, 0) is 0 Å². The van der Waals surface area contributed by atoms with Crippen LogP contribution in [0.4, 0.5) is 11.4 Å². The molecule has 18 heavy (non-hydrogen) atoms. The van der Waals surface area contributed by atoms with Crippen LogP contribution in [0.3, 0.4) is 0 Å². The van der Waals surface area contributed by atoms with Crippen molar-refractivity contribution in [2.24, 2.45) is 0 Å². The Hall–Kier alpha value is -1.77. The summed E-state index contributed by atoms with van der Waals surface area (Å²) in [6.45, 7) is 3.29. The van der Waals surface area contributed by atoms with E-state index in [-0.39, 0.29) is 0 Å². The quantitative estimate of drug-likeness (QED) is 0.893. The topological polar surface area (TPSA) is 42.1 Å². The minimum atomic E-state index is 0.679. The minimum Gasteiger partial charge on any atom is -0.396 e. The predicted octanol–water partition coefficient (Wildman–Crippen LogP) is 3.20. The molecule has 0 atom stereocenters. The second-order valence-corrected chi connectivity index (χ2v) is 5.00. The fourth-order valence-electron chi connectivity index (χ4n) is 2.57. The Morgan fingerprint density at radius 3 is 2.83 bits per heavy atom. The highest BCUT2D eigenvalue weighted by Crippen LogP contribution is 2.38. The summed E-state index contributed by atoms with van der Waals surface area (Å²) < 4.78 is 0. The van der Waals surface area contributed by atoms with Gasteiger partial charge in [0.1, 0.15) is 0 Å². The minimum absolute atomic E-state index is 0.679. The van der Waals surface area contributed by atoms with E-state index in [9.17, 15) is 0 Å². The van der Waals surface area contributed by atoms with Gasteiger partial charge in [0, 0.05) is 18.0 Å². The molecule has 3 rings (SSSR count). The van der Waals surface area contributed by atoms with E-state index in [1.807, 2.05) is 6.07 Å². The highest BCUT2D eigenvalue weighted by molar-refractivity contribution is 5.97. The Labute approximate surface area is 108 Å². The monoisotopic (exact) mass is 241 g/mol. The zero-order valence-corrected chi connectivity index (χ0v) is 10.8. The van der Waals surface area contributed by atoms with E-state index in [2.05, 4.69) is 35.0 Å². The van der Waals surface area contributed by atoms with Crippen molar-refractivity contribution in [3.8, 4) is 0 Å². The van der Waals surface area contributed by atoms with Gasteiger partial charge in [0.15, 0.2) is 0 Å². The molecule has 1 aliphatic rings. The third-order valence-electron chi connectivity index (χ3n) is 3.51. The maximum Gasteiger partial charge on any atom is 0.0745 e. The van der Waals surface area contributed by atoms with Crippen LogP contribution < -0.4 is 10.6 Å². The first-order valence-corrected chi connectivity index (χ1v) is 6.71. The molecule has 0 saturated heterocycles. The van der Waals surface area contributed by atoms with Crippen LogP contribution in [0, 0.1) is 0 Å². The van der Waals surface area contributed by atoms with Crippen molar-refractivity contribution in [2.75, 3.05) is 17.2 Å². The van der Waals surface area contributed by atoms with E-state index in [0.29, 0.717) is 6.04 Å². The first kappa shape index (κ1) is 11.3. The molecule has 3 nitrogen and oxygen atoms in total. The molecular formula is C15H19N3. The van der Waals surface area contributed by atoms with Gasteiger partial charge in [-0.05, 0) is 25.3 Å². The Morgan fingerprint density at radius 2 is 2.11 bits per heavy atom. The Morgan fingerprint density at radius 1 is 1.33 bits per heavy atom. The molecule has 2 aromatic rings. The van der Waals surface area contributed by atoms with E-state index in [1.165, 1.54) is 23.9 Å². The van der Waals surface area contributed by atoms with Crippen molar-refractivity contribution in [1.29, 1.82) is 0 Å². The number of nitrogens with two attached hydrogens (primary N) is 1. The van der Waals surface area contributed by atoms with Gasteiger partial charge in [-0.2, -0.15) is 0 Å². The highest BCUT2D eigenvalue weighted by Gasteiger charge is 2.30. The van der Waals surface area contributed by atoms with Gasteiger partial charge in [-0.25, -0.2) is 0 Å². The molecule has 1 fully saturated rings. The number of rotatable bonds is 4. The Bertz CT molecular complexity index is 561. The lowest BCUT2D eigenvalue weighted by atomic mass is 10.1. The van der Waals surface area contributed by atoms with Crippen LogP contribution in [-0.4, -0.2) is 17.6 Å². The normalized spacial score (nSPS) is 14.9. The summed E-state index contributed by atoms with van der Waals surface area (Å²) in [5.74, 6) is 0. The van der Waals surface area contributed by atoms with Crippen molar-refractivity contribution in [3.63, 3.8) is 0 Å². The summed E-state index contributed by atoms with van der Waals surface area (Å²) in [7, 11) is 0. The molecule has 0 amide bonds. The van der Waals surface area contributed by atoms with E-state index >= 15 is 0 Å². The molecule has 1 aliphatic carbocycles. The summed E-state index contributed by atoms with van der Waals surface area (Å²) in [5.41, 5.74) is 9.20. The Balaban J connectivity index is 2.15. The van der Waals surface area contributed by atoms with Crippen molar-refractivity contribution in [3.05, 3.63) is 30.5 Å². The molecule has 0 spiro atoms. The largest absolute Gasteiger partial charge is 0.396 e. The zero-order valence-electron chi connectivity index (χ0n) is 10.8. The molecule has 3 heteroatoms. The molecule has 2 N–H and O–H groups in total. The summed E-state index contributed by atoms with van der Waals surface area (Å²) in [6, 6.07) is 8.94. The lowest BCUT2D eigenvalue weighted by Gasteiger charge is -2.26. The van der Waals surface area contributed by atoms with Crippen LogP contribution >= 0.6 is 0 Å². The van der Waals surface area contributed by atoms with Crippen LogP contribution in [0.2, 0.25) is 0 Å². The molecular weight excluding hydrogens is 222 g/mol. The number of fused-ring (bicyclic) bond motifs is 1. The zero-order chi connectivity index (χ0) is 12.5. The maximum atomic E-state index is 6.18. The highest BCUT2D eigenvalue weighted by atomic mass is 15.2. The van der Waals surface area contributed by atoms with Crippen molar-refractivity contribution in [1.82, 2.24) is 4.98 Å². The third kappa shape index (κ3) is 1.90. The summed E-state index contributed by atoms with van der Waals surface area (Å²) in [4.78, 5) is 6.88.